The number of aromatic nitrogens is 1. The van der Waals surface area contributed by atoms with Crippen LogP contribution in [0.5, 0.6) is 11.6 Å². The maximum Gasteiger partial charge on any atom is 0.257 e. The molecule has 0 aliphatic carbocycles. The van der Waals surface area contributed by atoms with E-state index in [9.17, 15) is 0 Å². The summed E-state index contributed by atoms with van der Waals surface area (Å²) in [5, 5.41) is 8.93. The third-order valence-electron chi connectivity index (χ3n) is 3.63. The van der Waals surface area contributed by atoms with Gasteiger partial charge in [0.25, 0.3) is 5.88 Å². The lowest BCUT2D eigenvalue weighted by Gasteiger charge is -2.31. The number of pyridine rings is 1. The average Bonchev–Trinajstić information content (AvgIpc) is 2.51. The molecule has 0 unspecified atom stereocenters. The van der Waals surface area contributed by atoms with Gasteiger partial charge >= 0.3 is 0 Å². The van der Waals surface area contributed by atoms with Crippen LogP contribution in [0.15, 0.2) is 12.3 Å². The zero-order chi connectivity index (χ0) is 15.7. The van der Waals surface area contributed by atoms with Crippen LogP contribution in [-0.4, -0.2) is 17.7 Å². The van der Waals surface area contributed by atoms with Crippen molar-refractivity contribution < 1.29 is 9.47 Å². The fourth-order valence-electron chi connectivity index (χ4n) is 2.28. The van der Waals surface area contributed by atoms with Gasteiger partial charge in [0.05, 0.1) is 12.7 Å². The van der Waals surface area contributed by atoms with E-state index in [1.165, 1.54) is 6.20 Å². The largest absolute Gasteiger partial charge is 0.491 e. The quantitative estimate of drug-likeness (QED) is 0.673. The molecule has 0 atom stereocenters. The Labute approximate surface area is 128 Å². The highest BCUT2D eigenvalue weighted by Crippen LogP contribution is 2.33. The van der Waals surface area contributed by atoms with Gasteiger partial charge in [-0.2, -0.15) is 5.26 Å². The summed E-state index contributed by atoms with van der Waals surface area (Å²) in [5.41, 5.74) is 0.239. The Morgan fingerprint density at radius 2 is 1.86 bits per heavy atom. The minimum atomic E-state index is -0.236. The van der Waals surface area contributed by atoms with E-state index < -0.39 is 0 Å². The fraction of sp³-hybridized carbons (Fsp3) is 0.647. The Morgan fingerprint density at radius 3 is 2.33 bits per heavy atom. The first-order valence-electron chi connectivity index (χ1n) is 7.71. The van der Waals surface area contributed by atoms with E-state index in [0.717, 1.165) is 38.5 Å². The van der Waals surface area contributed by atoms with Crippen LogP contribution in [0, 0.1) is 11.3 Å². The third kappa shape index (κ3) is 5.26. The van der Waals surface area contributed by atoms with Crippen molar-refractivity contribution in [2.24, 2.45) is 0 Å². The average molecular weight is 290 g/mol. The maximum atomic E-state index is 8.93. The van der Waals surface area contributed by atoms with Gasteiger partial charge in [0.15, 0.2) is 5.75 Å². The Hall–Kier alpha value is -1.76. The van der Waals surface area contributed by atoms with Gasteiger partial charge in [-0.05, 0) is 32.6 Å². The summed E-state index contributed by atoms with van der Waals surface area (Å²) in [6.07, 6.45) is 8.05. The number of rotatable bonds is 9. The molecule has 1 heterocycles. The van der Waals surface area contributed by atoms with E-state index in [-0.39, 0.29) is 5.60 Å². The number of methoxy groups -OCH3 is 1. The SMILES string of the molecule is CCCCC(C)(CCCC)Oc1ncc(C#N)cc1OC. The summed E-state index contributed by atoms with van der Waals surface area (Å²) in [6.45, 7) is 6.50. The molecule has 0 N–H and O–H groups in total. The first-order valence-corrected chi connectivity index (χ1v) is 7.71. The third-order valence-corrected chi connectivity index (χ3v) is 3.63. The lowest BCUT2D eigenvalue weighted by Crippen LogP contribution is -2.32. The van der Waals surface area contributed by atoms with Crippen LogP contribution < -0.4 is 9.47 Å². The van der Waals surface area contributed by atoms with Crippen molar-refractivity contribution >= 4 is 0 Å². The van der Waals surface area contributed by atoms with E-state index in [0.29, 0.717) is 17.2 Å². The molecule has 0 spiro atoms. The summed E-state index contributed by atoms with van der Waals surface area (Å²) in [4.78, 5) is 4.25. The monoisotopic (exact) mass is 290 g/mol. The normalized spacial score (nSPS) is 11.0. The Kier molecular flexibility index (Phi) is 7.01. The highest BCUT2D eigenvalue weighted by molar-refractivity contribution is 5.41. The second-order valence-electron chi connectivity index (χ2n) is 5.60. The molecule has 0 aliphatic heterocycles. The molecule has 21 heavy (non-hydrogen) atoms. The highest BCUT2D eigenvalue weighted by atomic mass is 16.5. The van der Waals surface area contributed by atoms with Gasteiger partial charge in [0.1, 0.15) is 11.7 Å². The molecule has 0 bridgehead atoms. The van der Waals surface area contributed by atoms with E-state index in [1.54, 1.807) is 13.2 Å². The van der Waals surface area contributed by atoms with Crippen LogP contribution in [0.1, 0.15) is 64.9 Å². The lowest BCUT2D eigenvalue weighted by atomic mass is 9.92. The topological polar surface area (TPSA) is 55.1 Å². The van der Waals surface area contributed by atoms with Crippen molar-refractivity contribution in [2.75, 3.05) is 7.11 Å². The second-order valence-corrected chi connectivity index (χ2v) is 5.60. The summed E-state index contributed by atoms with van der Waals surface area (Å²) in [7, 11) is 1.57. The summed E-state index contributed by atoms with van der Waals surface area (Å²) < 4.78 is 11.5. The Morgan fingerprint density at radius 1 is 1.24 bits per heavy atom. The van der Waals surface area contributed by atoms with Gasteiger partial charge in [-0.25, -0.2) is 4.98 Å². The first-order chi connectivity index (χ1) is 10.1. The number of hydrogen-bond donors (Lipinski definition) is 0. The molecule has 0 saturated heterocycles. The van der Waals surface area contributed by atoms with Gasteiger partial charge in [-0.15, -0.1) is 0 Å². The van der Waals surface area contributed by atoms with Crippen molar-refractivity contribution in [2.45, 2.75) is 64.9 Å². The van der Waals surface area contributed by atoms with E-state index in [4.69, 9.17) is 14.7 Å². The number of nitriles is 1. The van der Waals surface area contributed by atoms with Gasteiger partial charge in [0.2, 0.25) is 0 Å². The van der Waals surface area contributed by atoms with Crippen molar-refractivity contribution in [3.8, 4) is 17.7 Å². The van der Waals surface area contributed by atoms with Crippen LogP contribution in [0.2, 0.25) is 0 Å². The van der Waals surface area contributed by atoms with E-state index >= 15 is 0 Å². The van der Waals surface area contributed by atoms with E-state index in [1.807, 2.05) is 0 Å². The zero-order valence-electron chi connectivity index (χ0n) is 13.6. The molecule has 1 aromatic heterocycles. The maximum absolute atomic E-state index is 8.93. The van der Waals surface area contributed by atoms with Crippen LogP contribution in [0.25, 0.3) is 0 Å². The molecule has 0 radical (unpaired) electrons. The molecule has 0 aromatic carbocycles. The van der Waals surface area contributed by atoms with Gasteiger partial charge in [-0.3, -0.25) is 0 Å². The molecule has 0 fully saturated rings. The molecule has 4 nitrogen and oxygen atoms in total. The summed E-state index contributed by atoms with van der Waals surface area (Å²) in [6, 6.07) is 3.73. The smallest absolute Gasteiger partial charge is 0.257 e. The molecule has 0 saturated carbocycles. The van der Waals surface area contributed by atoms with Crippen molar-refractivity contribution in [1.82, 2.24) is 4.98 Å². The molecule has 0 aliphatic rings. The van der Waals surface area contributed by atoms with Crippen LogP contribution in [0.4, 0.5) is 0 Å². The summed E-state index contributed by atoms with van der Waals surface area (Å²) in [5.74, 6) is 1.000. The summed E-state index contributed by atoms with van der Waals surface area (Å²) >= 11 is 0. The molecular weight excluding hydrogens is 264 g/mol. The minimum Gasteiger partial charge on any atom is -0.491 e. The van der Waals surface area contributed by atoms with Crippen LogP contribution >= 0.6 is 0 Å². The molecule has 0 amide bonds. The number of ether oxygens (including phenoxy) is 2. The van der Waals surface area contributed by atoms with Crippen molar-refractivity contribution in [3.05, 3.63) is 17.8 Å². The Bertz CT molecular complexity index is 472. The van der Waals surface area contributed by atoms with Crippen LogP contribution in [-0.2, 0) is 0 Å². The number of hydrogen-bond acceptors (Lipinski definition) is 4. The molecule has 116 valence electrons. The predicted molar refractivity (Wildman–Crippen MR) is 83.6 cm³/mol. The molecule has 1 aromatic rings. The standard InChI is InChI=1S/C17H26N2O2/c1-5-7-9-17(3,10-8-6-2)21-16-15(20-4)11-14(12-18)13-19-16/h11,13H,5-10H2,1-4H3. The molecular formula is C17H26N2O2. The molecule has 1 rings (SSSR count). The van der Waals surface area contributed by atoms with Crippen molar-refractivity contribution in [1.29, 1.82) is 5.26 Å². The van der Waals surface area contributed by atoms with Gasteiger partial charge in [-0.1, -0.05) is 26.7 Å². The first kappa shape index (κ1) is 17.3. The molecule has 4 heteroatoms. The highest BCUT2D eigenvalue weighted by Gasteiger charge is 2.27. The minimum absolute atomic E-state index is 0.236. The number of unbranched alkanes of at least 4 members (excludes halogenated alkanes) is 2. The van der Waals surface area contributed by atoms with E-state index in [2.05, 4.69) is 31.8 Å². The lowest BCUT2D eigenvalue weighted by molar-refractivity contribution is 0.0564. The van der Waals surface area contributed by atoms with Gasteiger partial charge in [0, 0.05) is 12.3 Å². The van der Waals surface area contributed by atoms with Crippen molar-refractivity contribution in [3.63, 3.8) is 0 Å². The fourth-order valence-corrected chi connectivity index (χ4v) is 2.28. The zero-order valence-corrected chi connectivity index (χ0v) is 13.6. The Balaban J connectivity index is 2.94. The predicted octanol–water partition coefficient (Wildman–Crippen LogP) is 4.48. The number of nitrogens with zero attached hydrogens (tertiary/aromatic N) is 2. The van der Waals surface area contributed by atoms with Crippen LogP contribution in [0.3, 0.4) is 0 Å². The van der Waals surface area contributed by atoms with Gasteiger partial charge < -0.3 is 9.47 Å². The second kappa shape index (κ2) is 8.51.